The van der Waals surface area contributed by atoms with Crippen LogP contribution in [0.1, 0.15) is 23.2 Å². The van der Waals surface area contributed by atoms with E-state index in [0.29, 0.717) is 18.0 Å². The molecule has 8 heteroatoms. The van der Waals surface area contributed by atoms with Crippen LogP contribution in [0.5, 0.6) is 0 Å². The molecule has 2 fully saturated rings. The number of hydrogen-bond donors (Lipinski definition) is 1. The Morgan fingerprint density at radius 2 is 1.85 bits per heavy atom. The minimum absolute atomic E-state index is 0.0187. The Balaban J connectivity index is 1.71. The minimum Gasteiger partial charge on any atom is -0.481 e. The molecule has 0 unspecified atom stereocenters. The van der Waals surface area contributed by atoms with Crippen molar-refractivity contribution in [1.82, 2.24) is 4.90 Å². The van der Waals surface area contributed by atoms with E-state index in [9.17, 15) is 23.1 Å². The highest BCUT2D eigenvalue weighted by Gasteiger charge is 2.46. The zero-order valence-electron chi connectivity index (χ0n) is 14.6. The number of hydrogen-bond acceptors (Lipinski definition) is 5. The standard InChI is InChI=1S/C18H23NO6S/c1-25-8-9-26(23,24)14-6-4-13(5-7-14)17(20)19-10-15(12-2-3-12)16(11-19)18(21)22/h4-7,12,15-16H,2-3,8-11H2,1H3,(H,21,22)/t15-,16+/m1/s1. The zero-order valence-corrected chi connectivity index (χ0v) is 15.4. The summed E-state index contributed by atoms with van der Waals surface area (Å²) < 4.78 is 29.1. The second kappa shape index (κ2) is 7.36. The SMILES string of the molecule is COCCS(=O)(=O)c1ccc(C(=O)N2C[C@H](C(=O)O)[C@@H](C3CC3)C2)cc1. The second-order valence-corrected chi connectivity index (χ2v) is 9.10. The Kier molecular flexibility index (Phi) is 5.34. The van der Waals surface area contributed by atoms with Crippen LogP contribution in [0.25, 0.3) is 0 Å². The molecule has 0 radical (unpaired) electrons. The number of aliphatic carboxylic acids is 1. The summed E-state index contributed by atoms with van der Waals surface area (Å²) in [5, 5.41) is 9.41. The number of carboxylic acid groups (broad SMARTS) is 1. The highest BCUT2D eigenvalue weighted by molar-refractivity contribution is 7.91. The molecule has 0 aromatic heterocycles. The van der Waals surface area contributed by atoms with Crippen molar-refractivity contribution in [2.24, 2.45) is 17.8 Å². The van der Waals surface area contributed by atoms with Gasteiger partial charge in [-0.05, 0) is 48.9 Å². The summed E-state index contributed by atoms with van der Waals surface area (Å²) in [7, 11) is -2.01. The molecule has 1 aliphatic carbocycles. The molecular weight excluding hydrogens is 358 g/mol. The number of carbonyl (C=O) groups excluding carboxylic acids is 1. The van der Waals surface area contributed by atoms with Crippen LogP contribution in [0.15, 0.2) is 29.2 Å². The molecule has 2 aliphatic rings. The molecule has 1 saturated carbocycles. The van der Waals surface area contributed by atoms with Gasteiger partial charge < -0.3 is 14.7 Å². The molecule has 3 rings (SSSR count). The fraction of sp³-hybridized carbons (Fsp3) is 0.556. The van der Waals surface area contributed by atoms with E-state index in [1.54, 1.807) is 4.90 Å². The lowest BCUT2D eigenvalue weighted by Crippen LogP contribution is -2.30. The van der Waals surface area contributed by atoms with Crippen LogP contribution in [0.2, 0.25) is 0 Å². The highest BCUT2D eigenvalue weighted by atomic mass is 32.2. The van der Waals surface area contributed by atoms with Crippen LogP contribution in [0.3, 0.4) is 0 Å². The van der Waals surface area contributed by atoms with Crippen LogP contribution in [-0.4, -0.2) is 62.9 Å². The predicted octanol–water partition coefficient (Wildman–Crippen LogP) is 1.29. The number of likely N-dealkylation sites (tertiary alicyclic amines) is 1. The Bertz CT molecular complexity index is 784. The topological polar surface area (TPSA) is 101 Å². The third kappa shape index (κ3) is 3.91. The Labute approximate surface area is 152 Å². The number of sulfone groups is 1. The Hall–Kier alpha value is -1.93. The molecule has 7 nitrogen and oxygen atoms in total. The average molecular weight is 381 g/mol. The summed E-state index contributed by atoms with van der Waals surface area (Å²) >= 11 is 0. The van der Waals surface area contributed by atoms with Gasteiger partial charge in [0.05, 0.1) is 23.2 Å². The molecule has 1 aromatic carbocycles. The van der Waals surface area contributed by atoms with Crippen LogP contribution in [-0.2, 0) is 19.4 Å². The number of carbonyl (C=O) groups is 2. The monoisotopic (exact) mass is 381 g/mol. The quantitative estimate of drug-likeness (QED) is 0.764. The van der Waals surface area contributed by atoms with Crippen molar-refractivity contribution in [3.8, 4) is 0 Å². The summed E-state index contributed by atoms with van der Waals surface area (Å²) in [6.07, 6.45) is 2.06. The maximum atomic E-state index is 12.7. The van der Waals surface area contributed by atoms with Gasteiger partial charge in [0, 0.05) is 25.8 Å². The largest absolute Gasteiger partial charge is 0.481 e. The van der Waals surface area contributed by atoms with E-state index in [1.165, 1.54) is 31.4 Å². The fourth-order valence-electron chi connectivity index (χ4n) is 3.56. The van der Waals surface area contributed by atoms with Crippen molar-refractivity contribution in [1.29, 1.82) is 0 Å². The number of benzene rings is 1. The molecule has 1 aliphatic heterocycles. The third-order valence-electron chi connectivity index (χ3n) is 5.21. The van der Waals surface area contributed by atoms with Gasteiger partial charge in [-0.25, -0.2) is 8.42 Å². The number of nitrogens with zero attached hydrogens (tertiary/aromatic N) is 1. The molecule has 1 saturated heterocycles. The highest BCUT2D eigenvalue weighted by Crippen LogP contribution is 2.44. The first-order valence-electron chi connectivity index (χ1n) is 8.67. The van der Waals surface area contributed by atoms with Crippen molar-refractivity contribution in [3.05, 3.63) is 29.8 Å². The molecule has 2 atom stereocenters. The summed E-state index contributed by atoms with van der Waals surface area (Å²) in [5.74, 6) is -1.31. The van der Waals surface area contributed by atoms with E-state index in [2.05, 4.69) is 0 Å². The van der Waals surface area contributed by atoms with Crippen LogP contribution >= 0.6 is 0 Å². The Morgan fingerprint density at radius 1 is 1.19 bits per heavy atom. The van der Waals surface area contributed by atoms with E-state index in [0.717, 1.165) is 12.8 Å². The van der Waals surface area contributed by atoms with Gasteiger partial charge >= 0.3 is 5.97 Å². The number of methoxy groups -OCH3 is 1. The van der Waals surface area contributed by atoms with Crippen molar-refractivity contribution >= 4 is 21.7 Å². The lowest BCUT2D eigenvalue weighted by atomic mass is 9.92. The van der Waals surface area contributed by atoms with Gasteiger partial charge in [0.15, 0.2) is 9.84 Å². The number of amides is 1. The van der Waals surface area contributed by atoms with Gasteiger partial charge in [-0.3, -0.25) is 9.59 Å². The second-order valence-electron chi connectivity index (χ2n) is 6.99. The molecule has 26 heavy (non-hydrogen) atoms. The smallest absolute Gasteiger partial charge is 0.308 e. The first-order chi connectivity index (χ1) is 12.3. The average Bonchev–Trinajstić information content (AvgIpc) is 3.37. The van der Waals surface area contributed by atoms with Gasteiger partial charge in [0.2, 0.25) is 0 Å². The van der Waals surface area contributed by atoms with Crippen molar-refractivity contribution < 1.29 is 27.9 Å². The lowest BCUT2D eigenvalue weighted by Gasteiger charge is -2.16. The van der Waals surface area contributed by atoms with E-state index in [4.69, 9.17) is 4.74 Å². The number of rotatable bonds is 7. The maximum absolute atomic E-state index is 12.7. The molecule has 1 heterocycles. The third-order valence-corrected chi connectivity index (χ3v) is 6.91. The summed E-state index contributed by atoms with van der Waals surface area (Å²) in [6, 6.07) is 5.81. The van der Waals surface area contributed by atoms with Gasteiger partial charge in [0.1, 0.15) is 0 Å². The van der Waals surface area contributed by atoms with Crippen molar-refractivity contribution in [2.75, 3.05) is 32.6 Å². The van der Waals surface area contributed by atoms with Gasteiger partial charge in [-0.1, -0.05) is 0 Å². The first-order valence-corrected chi connectivity index (χ1v) is 10.3. The summed E-state index contributed by atoms with van der Waals surface area (Å²) in [4.78, 5) is 25.9. The number of ether oxygens (including phenoxy) is 1. The van der Waals surface area contributed by atoms with Gasteiger partial charge in [-0.2, -0.15) is 0 Å². The zero-order chi connectivity index (χ0) is 18.9. The normalized spacial score (nSPS) is 23.2. The minimum atomic E-state index is -3.44. The van der Waals surface area contributed by atoms with Crippen LogP contribution < -0.4 is 0 Å². The molecular formula is C18H23NO6S. The lowest BCUT2D eigenvalue weighted by molar-refractivity contribution is -0.142. The molecule has 0 bridgehead atoms. The number of carboxylic acids is 1. The molecule has 1 amide bonds. The van der Waals surface area contributed by atoms with Crippen LogP contribution in [0, 0.1) is 17.8 Å². The fourth-order valence-corrected chi connectivity index (χ4v) is 4.73. The van der Waals surface area contributed by atoms with Crippen molar-refractivity contribution in [2.45, 2.75) is 17.7 Å². The predicted molar refractivity (Wildman–Crippen MR) is 93.6 cm³/mol. The van der Waals surface area contributed by atoms with E-state index in [-0.39, 0.29) is 35.6 Å². The first kappa shape index (κ1) is 18.8. The summed E-state index contributed by atoms with van der Waals surface area (Å²) in [5.41, 5.74) is 0.372. The summed E-state index contributed by atoms with van der Waals surface area (Å²) in [6.45, 7) is 0.771. The van der Waals surface area contributed by atoms with E-state index >= 15 is 0 Å². The maximum Gasteiger partial charge on any atom is 0.308 e. The van der Waals surface area contributed by atoms with E-state index in [1.807, 2.05) is 0 Å². The van der Waals surface area contributed by atoms with Crippen molar-refractivity contribution in [3.63, 3.8) is 0 Å². The molecule has 142 valence electrons. The molecule has 1 N–H and O–H groups in total. The molecule has 1 aromatic rings. The van der Waals surface area contributed by atoms with Crippen LogP contribution in [0.4, 0.5) is 0 Å². The Morgan fingerprint density at radius 3 is 2.38 bits per heavy atom. The van der Waals surface area contributed by atoms with E-state index < -0.39 is 21.7 Å². The van der Waals surface area contributed by atoms with Gasteiger partial charge in [0.25, 0.3) is 5.91 Å². The van der Waals surface area contributed by atoms with Gasteiger partial charge in [-0.15, -0.1) is 0 Å². The molecule has 0 spiro atoms.